The molecule has 1 heterocycles. The van der Waals surface area contributed by atoms with Crippen molar-refractivity contribution in [3.63, 3.8) is 0 Å². The molecule has 2 aromatic rings. The predicted molar refractivity (Wildman–Crippen MR) is 78.3 cm³/mol. The van der Waals surface area contributed by atoms with Crippen LogP contribution < -0.4 is 15.8 Å². The molecule has 19 heavy (non-hydrogen) atoms. The van der Waals surface area contributed by atoms with Crippen molar-refractivity contribution in [1.82, 2.24) is 4.98 Å². The normalized spacial score (nSPS) is 10.2. The van der Waals surface area contributed by atoms with Crippen LogP contribution in [0.1, 0.15) is 18.1 Å². The number of rotatable bonds is 5. The summed E-state index contributed by atoms with van der Waals surface area (Å²) in [5.74, 6) is 1.60. The number of hydrogen-bond acceptors (Lipinski definition) is 4. The SMILES string of the molecule is CCOc1cccc(CNc2ncc(C)cc2N)c1. The highest BCUT2D eigenvalue weighted by Gasteiger charge is 2.01. The van der Waals surface area contributed by atoms with Crippen LogP contribution in [0.3, 0.4) is 0 Å². The summed E-state index contributed by atoms with van der Waals surface area (Å²) >= 11 is 0. The van der Waals surface area contributed by atoms with Crippen molar-refractivity contribution in [3.8, 4) is 5.75 Å². The lowest BCUT2D eigenvalue weighted by Crippen LogP contribution is -2.05. The van der Waals surface area contributed by atoms with Crippen LogP contribution in [0.25, 0.3) is 0 Å². The van der Waals surface area contributed by atoms with E-state index in [-0.39, 0.29) is 0 Å². The molecule has 0 amide bonds. The fourth-order valence-electron chi connectivity index (χ4n) is 1.84. The van der Waals surface area contributed by atoms with Gasteiger partial charge in [0.1, 0.15) is 11.6 Å². The number of nitrogens with one attached hydrogen (secondary N) is 1. The van der Waals surface area contributed by atoms with Crippen LogP contribution in [-0.2, 0) is 6.54 Å². The second-order valence-corrected chi connectivity index (χ2v) is 4.38. The first kappa shape index (κ1) is 13.2. The van der Waals surface area contributed by atoms with Gasteiger partial charge in [0.25, 0.3) is 0 Å². The van der Waals surface area contributed by atoms with E-state index in [0.29, 0.717) is 24.7 Å². The molecule has 0 radical (unpaired) electrons. The van der Waals surface area contributed by atoms with Crippen LogP contribution >= 0.6 is 0 Å². The minimum Gasteiger partial charge on any atom is -0.494 e. The molecule has 3 N–H and O–H groups in total. The first-order chi connectivity index (χ1) is 9.19. The first-order valence-corrected chi connectivity index (χ1v) is 6.36. The molecule has 0 aliphatic carbocycles. The summed E-state index contributed by atoms with van der Waals surface area (Å²) in [6, 6.07) is 9.89. The zero-order chi connectivity index (χ0) is 13.7. The lowest BCUT2D eigenvalue weighted by atomic mass is 10.2. The molecule has 1 aromatic carbocycles. The third-order valence-corrected chi connectivity index (χ3v) is 2.72. The maximum absolute atomic E-state index is 5.91. The Kier molecular flexibility index (Phi) is 4.23. The van der Waals surface area contributed by atoms with Gasteiger partial charge >= 0.3 is 0 Å². The molecule has 2 rings (SSSR count). The van der Waals surface area contributed by atoms with Crippen molar-refractivity contribution in [2.45, 2.75) is 20.4 Å². The molecular weight excluding hydrogens is 238 g/mol. The number of aryl methyl sites for hydroxylation is 1. The summed E-state index contributed by atoms with van der Waals surface area (Å²) < 4.78 is 5.47. The van der Waals surface area contributed by atoms with Crippen LogP contribution in [0.4, 0.5) is 11.5 Å². The Balaban J connectivity index is 2.03. The van der Waals surface area contributed by atoms with E-state index >= 15 is 0 Å². The Labute approximate surface area is 113 Å². The molecule has 0 spiro atoms. The first-order valence-electron chi connectivity index (χ1n) is 6.36. The zero-order valence-electron chi connectivity index (χ0n) is 11.3. The third kappa shape index (κ3) is 3.61. The molecule has 0 saturated heterocycles. The number of ether oxygens (including phenoxy) is 1. The van der Waals surface area contributed by atoms with Gasteiger partial charge in [0.15, 0.2) is 0 Å². The number of hydrogen-bond donors (Lipinski definition) is 2. The lowest BCUT2D eigenvalue weighted by molar-refractivity contribution is 0.340. The Bertz CT molecular complexity index is 555. The van der Waals surface area contributed by atoms with Gasteiger partial charge in [0.2, 0.25) is 0 Å². The van der Waals surface area contributed by atoms with E-state index in [2.05, 4.69) is 10.3 Å². The number of nitrogens with zero attached hydrogens (tertiary/aromatic N) is 1. The molecule has 0 bridgehead atoms. The topological polar surface area (TPSA) is 60.2 Å². The lowest BCUT2D eigenvalue weighted by Gasteiger charge is -2.10. The van der Waals surface area contributed by atoms with Gasteiger partial charge < -0.3 is 15.8 Å². The van der Waals surface area contributed by atoms with Crippen molar-refractivity contribution in [1.29, 1.82) is 0 Å². The van der Waals surface area contributed by atoms with Crippen LogP contribution in [-0.4, -0.2) is 11.6 Å². The minimum absolute atomic E-state index is 0.668. The van der Waals surface area contributed by atoms with Gasteiger partial charge in [0, 0.05) is 12.7 Å². The van der Waals surface area contributed by atoms with Gasteiger partial charge in [-0.25, -0.2) is 4.98 Å². The monoisotopic (exact) mass is 257 g/mol. The molecule has 100 valence electrons. The average molecular weight is 257 g/mol. The van der Waals surface area contributed by atoms with Crippen LogP contribution in [0.15, 0.2) is 36.5 Å². The summed E-state index contributed by atoms with van der Waals surface area (Å²) in [6.07, 6.45) is 1.80. The average Bonchev–Trinajstić information content (AvgIpc) is 2.38. The number of aromatic nitrogens is 1. The largest absolute Gasteiger partial charge is 0.494 e. The molecule has 4 nitrogen and oxygen atoms in total. The highest BCUT2D eigenvalue weighted by Crippen LogP contribution is 2.18. The number of nitrogen functional groups attached to an aromatic ring is 1. The molecule has 0 fully saturated rings. The van der Waals surface area contributed by atoms with Gasteiger partial charge in [-0.15, -0.1) is 0 Å². The molecular formula is C15H19N3O. The second-order valence-electron chi connectivity index (χ2n) is 4.38. The fraction of sp³-hybridized carbons (Fsp3) is 0.267. The van der Waals surface area contributed by atoms with Gasteiger partial charge in [-0.05, 0) is 43.2 Å². The molecule has 0 atom stereocenters. The molecule has 0 aliphatic rings. The van der Waals surface area contributed by atoms with Crippen molar-refractivity contribution in [3.05, 3.63) is 47.7 Å². The van der Waals surface area contributed by atoms with Crippen molar-refractivity contribution >= 4 is 11.5 Å². The van der Waals surface area contributed by atoms with E-state index in [9.17, 15) is 0 Å². The fourth-order valence-corrected chi connectivity index (χ4v) is 1.84. The third-order valence-electron chi connectivity index (χ3n) is 2.72. The van der Waals surface area contributed by atoms with Gasteiger partial charge in [-0.2, -0.15) is 0 Å². The quantitative estimate of drug-likeness (QED) is 0.864. The van der Waals surface area contributed by atoms with Crippen molar-refractivity contribution in [2.24, 2.45) is 0 Å². The Hall–Kier alpha value is -2.23. The van der Waals surface area contributed by atoms with Crippen LogP contribution in [0.2, 0.25) is 0 Å². The van der Waals surface area contributed by atoms with E-state index in [0.717, 1.165) is 16.9 Å². The Morgan fingerprint density at radius 2 is 2.16 bits per heavy atom. The molecule has 1 aromatic heterocycles. The highest BCUT2D eigenvalue weighted by molar-refractivity contribution is 5.61. The minimum atomic E-state index is 0.668. The zero-order valence-corrected chi connectivity index (χ0v) is 11.3. The molecule has 0 unspecified atom stereocenters. The summed E-state index contributed by atoms with van der Waals surface area (Å²) in [5, 5.41) is 3.23. The second kappa shape index (κ2) is 6.09. The van der Waals surface area contributed by atoms with Crippen LogP contribution in [0, 0.1) is 6.92 Å². The van der Waals surface area contributed by atoms with Gasteiger partial charge in [-0.1, -0.05) is 12.1 Å². The smallest absolute Gasteiger partial charge is 0.149 e. The van der Waals surface area contributed by atoms with E-state index in [1.165, 1.54) is 0 Å². The summed E-state index contributed by atoms with van der Waals surface area (Å²) in [7, 11) is 0. The number of pyridine rings is 1. The summed E-state index contributed by atoms with van der Waals surface area (Å²) in [6.45, 7) is 5.28. The summed E-state index contributed by atoms with van der Waals surface area (Å²) in [5.41, 5.74) is 8.77. The molecule has 4 heteroatoms. The Morgan fingerprint density at radius 3 is 2.89 bits per heavy atom. The van der Waals surface area contributed by atoms with Crippen molar-refractivity contribution < 1.29 is 4.74 Å². The standard InChI is InChI=1S/C15H19N3O/c1-3-19-13-6-4-5-12(8-13)10-18-15-14(16)7-11(2)9-17-15/h4-9H,3,10,16H2,1-2H3,(H,17,18). The van der Waals surface area contributed by atoms with Crippen LogP contribution in [0.5, 0.6) is 5.75 Å². The molecule has 0 aliphatic heterocycles. The number of anilines is 2. The van der Waals surface area contributed by atoms with E-state index < -0.39 is 0 Å². The highest BCUT2D eigenvalue weighted by atomic mass is 16.5. The Morgan fingerprint density at radius 1 is 1.32 bits per heavy atom. The van der Waals surface area contributed by atoms with Crippen molar-refractivity contribution in [2.75, 3.05) is 17.7 Å². The molecule has 0 saturated carbocycles. The van der Waals surface area contributed by atoms with E-state index in [1.807, 2.05) is 44.2 Å². The maximum atomic E-state index is 5.91. The predicted octanol–water partition coefficient (Wildman–Crippen LogP) is 2.98. The number of benzene rings is 1. The van der Waals surface area contributed by atoms with Gasteiger partial charge in [-0.3, -0.25) is 0 Å². The van der Waals surface area contributed by atoms with Gasteiger partial charge in [0.05, 0.1) is 12.3 Å². The van der Waals surface area contributed by atoms with E-state index in [4.69, 9.17) is 10.5 Å². The van der Waals surface area contributed by atoms with E-state index in [1.54, 1.807) is 6.20 Å². The number of nitrogens with two attached hydrogens (primary N) is 1. The maximum Gasteiger partial charge on any atom is 0.149 e. The summed E-state index contributed by atoms with van der Waals surface area (Å²) in [4.78, 5) is 4.28.